The largest absolute Gasteiger partial charge is 0.508 e. The summed E-state index contributed by atoms with van der Waals surface area (Å²) in [6.45, 7) is 0. The lowest BCUT2D eigenvalue weighted by molar-refractivity contribution is 0.477. The van der Waals surface area contributed by atoms with Crippen LogP contribution in [0.3, 0.4) is 0 Å². The van der Waals surface area contributed by atoms with E-state index in [-0.39, 0.29) is 0 Å². The van der Waals surface area contributed by atoms with Gasteiger partial charge in [-0.15, -0.1) is 0 Å². The fraction of sp³-hybridized carbons (Fsp3) is 0. The molecule has 1 N–H and O–H groups in total. The van der Waals surface area contributed by atoms with E-state index in [9.17, 15) is 0 Å². The van der Waals surface area contributed by atoms with Crippen molar-refractivity contribution >= 4 is 0 Å². The summed E-state index contributed by atoms with van der Waals surface area (Å²) in [5, 5.41) is 8.65. The van der Waals surface area contributed by atoms with Gasteiger partial charge in [-0.25, -0.2) is 0 Å². The van der Waals surface area contributed by atoms with Gasteiger partial charge in [-0.2, -0.15) is 0 Å². The van der Waals surface area contributed by atoms with Crippen molar-refractivity contribution in [2.75, 3.05) is 0 Å². The molecular formula is C12H8O. The van der Waals surface area contributed by atoms with E-state index in [0.29, 0.717) is 5.75 Å². The Bertz CT molecular complexity index is 346. The maximum atomic E-state index is 8.65. The van der Waals surface area contributed by atoms with Gasteiger partial charge in [-0.1, -0.05) is 30.3 Å². The molecule has 3 rings (SSSR count). The highest BCUT2D eigenvalue weighted by atomic mass is 16.3. The van der Waals surface area contributed by atoms with Gasteiger partial charge in [0.25, 0.3) is 0 Å². The number of hydrogen-bond acceptors (Lipinski definition) is 1. The van der Waals surface area contributed by atoms with Crippen molar-refractivity contribution in [3.05, 3.63) is 54.6 Å². The summed E-state index contributed by atoms with van der Waals surface area (Å²) < 4.78 is 0. The number of rotatable bonds is 0. The Labute approximate surface area is 77.3 Å². The monoisotopic (exact) mass is 168 g/mol. The van der Waals surface area contributed by atoms with Crippen LogP contribution in [0.5, 0.6) is 5.75 Å². The highest BCUT2D eigenvalue weighted by molar-refractivity contribution is 5.82. The van der Waals surface area contributed by atoms with Crippen LogP contribution in [0.15, 0.2) is 42.5 Å². The van der Waals surface area contributed by atoms with Gasteiger partial charge in [0.2, 0.25) is 0 Å². The number of phenols is 1. The standard InChI is InChI=1S/C6H3O.C6H5/c7-6-2-4-1-5(4)3-6;1-2-4-6-5-3-1/h2-3,7H;1-5H. The Morgan fingerprint density at radius 2 is 1.54 bits per heavy atom. The van der Waals surface area contributed by atoms with Gasteiger partial charge in [0.15, 0.2) is 0 Å². The summed E-state index contributed by atoms with van der Waals surface area (Å²) in [6.07, 6.45) is 0. The molecule has 2 radical (unpaired) electrons. The minimum atomic E-state index is 0.365. The SMILES string of the molecule is Oc1cc2[c]c-2c1.[c]1ccccc1. The minimum Gasteiger partial charge on any atom is -0.508 e. The van der Waals surface area contributed by atoms with Gasteiger partial charge in [0.1, 0.15) is 5.75 Å². The minimum absolute atomic E-state index is 0.365. The normalized spacial score (nSPS) is 9.85. The molecule has 2 aliphatic rings. The second-order valence-electron chi connectivity index (χ2n) is 2.74. The van der Waals surface area contributed by atoms with Crippen LogP contribution in [0.1, 0.15) is 0 Å². The molecule has 0 spiro atoms. The molecule has 1 aromatic carbocycles. The molecule has 0 heterocycles. The van der Waals surface area contributed by atoms with Crippen LogP contribution in [-0.2, 0) is 0 Å². The van der Waals surface area contributed by atoms with Crippen molar-refractivity contribution in [1.29, 1.82) is 0 Å². The fourth-order valence-corrected chi connectivity index (χ4v) is 1.02. The molecule has 13 heavy (non-hydrogen) atoms. The first-order valence-electron chi connectivity index (χ1n) is 4.04. The first kappa shape index (κ1) is 7.87. The second kappa shape index (κ2) is 3.31. The van der Waals surface area contributed by atoms with Gasteiger partial charge in [0.05, 0.1) is 0 Å². The van der Waals surface area contributed by atoms with Crippen molar-refractivity contribution in [3.8, 4) is 16.9 Å². The summed E-state index contributed by atoms with van der Waals surface area (Å²) >= 11 is 0. The average Bonchev–Trinajstić information content (AvgIpc) is 2.78. The zero-order valence-electron chi connectivity index (χ0n) is 6.99. The van der Waals surface area contributed by atoms with Crippen LogP contribution < -0.4 is 0 Å². The molecule has 0 amide bonds. The number of benzene rings is 2. The third-order valence-corrected chi connectivity index (χ3v) is 1.69. The van der Waals surface area contributed by atoms with E-state index < -0.39 is 0 Å². The number of fused-ring (bicyclic) bond motifs is 1. The third-order valence-electron chi connectivity index (χ3n) is 1.69. The third kappa shape index (κ3) is 2.09. The van der Waals surface area contributed by atoms with Crippen molar-refractivity contribution < 1.29 is 5.11 Å². The maximum absolute atomic E-state index is 8.65. The van der Waals surface area contributed by atoms with E-state index in [1.165, 1.54) is 0 Å². The molecule has 0 aliphatic heterocycles. The molecule has 0 bridgehead atoms. The Hall–Kier alpha value is -1.76. The van der Waals surface area contributed by atoms with Crippen molar-refractivity contribution in [2.45, 2.75) is 0 Å². The van der Waals surface area contributed by atoms with Gasteiger partial charge in [0, 0.05) is 0 Å². The molecule has 0 aromatic heterocycles. The van der Waals surface area contributed by atoms with Gasteiger partial charge in [-0.05, 0) is 35.4 Å². The topological polar surface area (TPSA) is 20.2 Å². The molecule has 1 nitrogen and oxygen atoms in total. The predicted molar refractivity (Wildman–Crippen MR) is 51.2 cm³/mol. The van der Waals surface area contributed by atoms with Crippen LogP contribution in [-0.4, -0.2) is 5.11 Å². The van der Waals surface area contributed by atoms with Crippen molar-refractivity contribution in [1.82, 2.24) is 0 Å². The first-order valence-corrected chi connectivity index (χ1v) is 4.04. The number of hydrogen-bond donors (Lipinski definition) is 1. The summed E-state index contributed by atoms with van der Waals surface area (Å²) in [6, 6.07) is 18.8. The van der Waals surface area contributed by atoms with Crippen LogP contribution >= 0.6 is 0 Å². The van der Waals surface area contributed by atoms with E-state index >= 15 is 0 Å². The summed E-state index contributed by atoms with van der Waals surface area (Å²) in [4.78, 5) is 0. The first-order chi connectivity index (χ1) is 6.36. The summed E-state index contributed by atoms with van der Waals surface area (Å²) in [5.74, 6) is 0.365. The maximum Gasteiger partial charge on any atom is 0.116 e. The Kier molecular flexibility index (Phi) is 2.01. The molecular weight excluding hydrogens is 160 g/mol. The van der Waals surface area contributed by atoms with Crippen molar-refractivity contribution in [2.24, 2.45) is 0 Å². The molecule has 0 fully saturated rings. The average molecular weight is 168 g/mol. The van der Waals surface area contributed by atoms with Crippen molar-refractivity contribution in [3.63, 3.8) is 0 Å². The van der Waals surface area contributed by atoms with Gasteiger partial charge in [-0.3, -0.25) is 0 Å². The van der Waals surface area contributed by atoms with Gasteiger partial charge < -0.3 is 5.11 Å². The van der Waals surface area contributed by atoms with E-state index in [2.05, 4.69) is 12.1 Å². The molecule has 0 unspecified atom stereocenters. The fourth-order valence-electron chi connectivity index (χ4n) is 1.02. The highest BCUT2D eigenvalue weighted by Gasteiger charge is 2.13. The Balaban J connectivity index is 0.000000102. The Morgan fingerprint density at radius 1 is 0.923 bits per heavy atom. The van der Waals surface area contributed by atoms with E-state index in [1.807, 2.05) is 30.3 Å². The van der Waals surface area contributed by atoms with E-state index in [4.69, 9.17) is 5.11 Å². The lowest BCUT2D eigenvalue weighted by atomic mass is 10.4. The highest BCUT2D eigenvalue weighted by Crippen LogP contribution is 2.37. The lowest BCUT2D eigenvalue weighted by Crippen LogP contribution is -1.49. The molecule has 0 saturated carbocycles. The molecule has 62 valence electrons. The van der Waals surface area contributed by atoms with E-state index in [1.54, 1.807) is 12.1 Å². The molecule has 2 aliphatic carbocycles. The molecule has 0 saturated heterocycles. The molecule has 1 aromatic rings. The van der Waals surface area contributed by atoms with Gasteiger partial charge >= 0.3 is 0 Å². The zero-order valence-corrected chi connectivity index (χ0v) is 6.99. The Morgan fingerprint density at radius 3 is 1.77 bits per heavy atom. The quantitative estimate of drug-likeness (QED) is 0.547. The van der Waals surface area contributed by atoms with Crippen LogP contribution in [0.4, 0.5) is 0 Å². The van der Waals surface area contributed by atoms with Crippen LogP contribution in [0.2, 0.25) is 0 Å². The van der Waals surface area contributed by atoms with Crippen LogP contribution in [0.25, 0.3) is 11.1 Å². The number of aromatic hydroxyl groups is 1. The van der Waals surface area contributed by atoms with E-state index in [0.717, 1.165) is 11.1 Å². The second-order valence-corrected chi connectivity index (χ2v) is 2.74. The molecule has 0 atom stereocenters. The van der Waals surface area contributed by atoms with Crippen LogP contribution in [0, 0.1) is 12.1 Å². The summed E-state index contributed by atoms with van der Waals surface area (Å²) in [7, 11) is 0. The summed E-state index contributed by atoms with van der Waals surface area (Å²) in [5.41, 5.74) is 2.13. The lowest BCUT2D eigenvalue weighted by Gasteiger charge is -1.71. The molecule has 1 heteroatoms. The predicted octanol–water partition coefficient (Wildman–Crippen LogP) is 2.66. The number of phenolic OH excluding ortho intramolecular Hbond substituents is 1. The zero-order chi connectivity index (χ0) is 9.10. The smallest absolute Gasteiger partial charge is 0.116 e.